The molecule has 0 radical (unpaired) electrons. The molecule has 0 aromatic heterocycles. The smallest absolute Gasteiger partial charge is 0.325 e. The van der Waals surface area contributed by atoms with Crippen molar-refractivity contribution in [1.82, 2.24) is 10.6 Å². The summed E-state index contributed by atoms with van der Waals surface area (Å²) in [7, 11) is 0. The van der Waals surface area contributed by atoms with Gasteiger partial charge in [0.15, 0.2) is 6.61 Å². The Balaban J connectivity index is 2.33. The second-order valence-corrected chi connectivity index (χ2v) is 5.90. The van der Waals surface area contributed by atoms with Crippen LogP contribution in [0.4, 0.5) is 0 Å². The second kappa shape index (κ2) is 10.3. The zero-order valence-corrected chi connectivity index (χ0v) is 15.1. The fraction of sp³-hybridized carbons (Fsp3) is 0.500. The van der Waals surface area contributed by atoms with Gasteiger partial charge in [0.1, 0.15) is 12.3 Å². The number of carbonyl (C=O) groups excluding carboxylic acids is 3. The largest absolute Gasteiger partial charge is 0.494 e. The second-order valence-electron chi connectivity index (χ2n) is 5.90. The summed E-state index contributed by atoms with van der Waals surface area (Å²) in [5.41, 5.74) is 0.403. The summed E-state index contributed by atoms with van der Waals surface area (Å²) in [4.78, 5) is 35.2. The first-order valence-corrected chi connectivity index (χ1v) is 8.29. The third kappa shape index (κ3) is 7.69. The van der Waals surface area contributed by atoms with Crippen LogP contribution in [-0.4, -0.2) is 43.6 Å². The van der Waals surface area contributed by atoms with Gasteiger partial charge in [-0.2, -0.15) is 0 Å². The van der Waals surface area contributed by atoms with Crippen molar-refractivity contribution in [2.45, 2.75) is 33.7 Å². The molecule has 1 aromatic rings. The molecule has 0 aliphatic heterocycles. The van der Waals surface area contributed by atoms with E-state index >= 15 is 0 Å². The lowest BCUT2D eigenvalue weighted by Crippen LogP contribution is -2.39. The molecule has 0 spiro atoms. The average Bonchev–Trinajstić information content (AvgIpc) is 2.58. The zero-order valence-electron chi connectivity index (χ0n) is 15.1. The van der Waals surface area contributed by atoms with E-state index < -0.39 is 11.9 Å². The topological polar surface area (TPSA) is 93.7 Å². The minimum Gasteiger partial charge on any atom is -0.494 e. The molecule has 0 saturated heterocycles. The molecule has 0 aliphatic rings. The van der Waals surface area contributed by atoms with Crippen LogP contribution in [0.5, 0.6) is 5.75 Å². The molecule has 0 saturated carbocycles. The van der Waals surface area contributed by atoms with Crippen molar-refractivity contribution in [3.8, 4) is 5.75 Å². The Morgan fingerprint density at radius 1 is 1.08 bits per heavy atom. The number of esters is 1. The summed E-state index contributed by atoms with van der Waals surface area (Å²) in [6.45, 7) is 7.58. The summed E-state index contributed by atoms with van der Waals surface area (Å²) in [5.74, 6) is -0.495. The van der Waals surface area contributed by atoms with Gasteiger partial charge in [0.25, 0.3) is 11.8 Å². The van der Waals surface area contributed by atoms with E-state index in [9.17, 15) is 14.4 Å². The minimum absolute atomic E-state index is 0.00874. The lowest BCUT2D eigenvalue weighted by Gasteiger charge is -2.17. The predicted octanol–water partition coefficient (Wildman–Crippen LogP) is 1.52. The van der Waals surface area contributed by atoms with E-state index in [1.807, 2.05) is 27.7 Å². The molecule has 0 bridgehead atoms. The van der Waals surface area contributed by atoms with Gasteiger partial charge in [-0.1, -0.05) is 13.8 Å². The molecule has 7 heteroatoms. The SMILES string of the molecule is CCOc1ccc(C(=O)NCC(=O)OCC(=O)N[C@H](C)C(C)C)cc1. The maximum Gasteiger partial charge on any atom is 0.325 e. The quantitative estimate of drug-likeness (QED) is 0.659. The normalized spacial score (nSPS) is 11.6. The van der Waals surface area contributed by atoms with Crippen LogP contribution in [0.25, 0.3) is 0 Å². The van der Waals surface area contributed by atoms with Crippen LogP contribution in [0, 0.1) is 5.92 Å². The molecule has 7 nitrogen and oxygen atoms in total. The van der Waals surface area contributed by atoms with Crippen molar-refractivity contribution in [2.24, 2.45) is 5.92 Å². The fourth-order valence-corrected chi connectivity index (χ4v) is 1.78. The number of benzene rings is 1. The molecule has 0 unspecified atom stereocenters. The maximum atomic E-state index is 11.9. The van der Waals surface area contributed by atoms with Crippen molar-refractivity contribution in [3.05, 3.63) is 29.8 Å². The maximum absolute atomic E-state index is 11.9. The average molecular weight is 350 g/mol. The summed E-state index contributed by atoms with van der Waals surface area (Å²) in [6.07, 6.45) is 0. The number of amides is 2. The van der Waals surface area contributed by atoms with Gasteiger partial charge < -0.3 is 20.1 Å². The highest BCUT2D eigenvalue weighted by Crippen LogP contribution is 2.11. The minimum atomic E-state index is -0.674. The Morgan fingerprint density at radius 3 is 2.28 bits per heavy atom. The van der Waals surface area contributed by atoms with E-state index in [4.69, 9.17) is 9.47 Å². The summed E-state index contributed by atoms with van der Waals surface area (Å²) in [6, 6.07) is 6.55. The first-order chi connectivity index (χ1) is 11.8. The molecular weight excluding hydrogens is 324 g/mol. The van der Waals surface area contributed by atoms with Gasteiger partial charge in [0.2, 0.25) is 0 Å². The van der Waals surface area contributed by atoms with Crippen molar-refractivity contribution in [2.75, 3.05) is 19.8 Å². The molecule has 2 N–H and O–H groups in total. The van der Waals surface area contributed by atoms with Gasteiger partial charge in [-0.15, -0.1) is 0 Å². The summed E-state index contributed by atoms with van der Waals surface area (Å²) in [5, 5.41) is 5.17. The van der Waals surface area contributed by atoms with Crippen molar-refractivity contribution < 1.29 is 23.9 Å². The molecule has 0 heterocycles. The first kappa shape index (κ1) is 20.5. The van der Waals surface area contributed by atoms with Crippen LogP contribution < -0.4 is 15.4 Å². The number of rotatable bonds is 9. The van der Waals surface area contributed by atoms with Crippen LogP contribution in [0.2, 0.25) is 0 Å². The number of hydrogen-bond acceptors (Lipinski definition) is 5. The van der Waals surface area contributed by atoms with E-state index in [1.54, 1.807) is 24.3 Å². The van der Waals surface area contributed by atoms with Crippen LogP contribution >= 0.6 is 0 Å². The van der Waals surface area contributed by atoms with Crippen LogP contribution in [-0.2, 0) is 14.3 Å². The van der Waals surface area contributed by atoms with Gasteiger partial charge in [0, 0.05) is 11.6 Å². The molecule has 2 amide bonds. The number of ether oxygens (including phenoxy) is 2. The van der Waals surface area contributed by atoms with E-state index in [0.717, 1.165) is 0 Å². The Bertz CT molecular complexity index is 584. The lowest BCUT2D eigenvalue weighted by atomic mass is 10.1. The van der Waals surface area contributed by atoms with Gasteiger partial charge in [0.05, 0.1) is 6.61 Å². The first-order valence-electron chi connectivity index (χ1n) is 8.29. The standard InChI is InChI=1S/C18H26N2O5/c1-5-24-15-8-6-14(7-9-15)18(23)19-10-17(22)25-11-16(21)20-13(4)12(2)3/h6-9,12-13H,5,10-11H2,1-4H3,(H,19,23)(H,20,21)/t13-/m1/s1. The van der Waals surface area contributed by atoms with Gasteiger partial charge in [-0.3, -0.25) is 14.4 Å². The highest BCUT2D eigenvalue weighted by atomic mass is 16.5. The Hall–Kier alpha value is -2.57. The molecule has 25 heavy (non-hydrogen) atoms. The summed E-state index contributed by atoms with van der Waals surface area (Å²) < 4.78 is 10.1. The molecule has 0 aliphatic carbocycles. The molecule has 0 fully saturated rings. The molecule has 1 rings (SSSR count). The Kier molecular flexibility index (Phi) is 8.46. The lowest BCUT2D eigenvalue weighted by molar-refractivity contribution is -0.147. The van der Waals surface area contributed by atoms with Crippen molar-refractivity contribution >= 4 is 17.8 Å². The van der Waals surface area contributed by atoms with Gasteiger partial charge >= 0.3 is 5.97 Å². The molecular formula is C18H26N2O5. The predicted molar refractivity (Wildman–Crippen MR) is 93.3 cm³/mol. The molecule has 1 aromatic carbocycles. The third-order valence-electron chi connectivity index (χ3n) is 3.57. The number of carbonyl (C=O) groups is 3. The number of nitrogens with one attached hydrogen (secondary N) is 2. The Labute approximate surface area is 148 Å². The number of hydrogen-bond donors (Lipinski definition) is 2. The molecule has 138 valence electrons. The van der Waals surface area contributed by atoms with E-state index in [-0.39, 0.29) is 31.0 Å². The van der Waals surface area contributed by atoms with E-state index in [0.29, 0.717) is 17.9 Å². The molecule has 1 atom stereocenters. The van der Waals surface area contributed by atoms with Crippen LogP contribution in [0.3, 0.4) is 0 Å². The monoisotopic (exact) mass is 350 g/mol. The fourth-order valence-electron chi connectivity index (χ4n) is 1.78. The van der Waals surface area contributed by atoms with Crippen molar-refractivity contribution in [3.63, 3.8) is 0 Å². The highest BCUT2D eigenvalue weighted by molar-refractivity contribution is 5.96. The summed E-state index contributed by atoms with van der Waals surface area (Å²) >= 11 is 0. The van der Waals surface area contributed by atoms with E-state index in [1.165, 1.54) is 0 Å². The van der Waals surface area contributed by atoms with Crippen LogP contribution in [0.1, 0.15) is 38.1 Å². The van der Waals surface area contributed by atoms with E-state index in [2.05, 4.69) is 10.6 Å². The van der Waals surface area contributed by atoms with Crippen LogP contribution in [0.15, 0.2) is 24.3 Å². The van der Waals surface area contributed by atoms with Gasteiger partial charge in [-0.05, 0) is 44.0 Å². The zero-order chi connectivity index (χ0) is 18.8. The third-order valence-corrected chi connectivity index (χ3v) is 3.57. The van der Waals surface area contributed by atoms with Gasteiger partial charge in [-0.25, -0.2) is 0 Å². The highest BCUT2D eigenvalue weighted by Gasteiger charge is 2.13. The Morgan fingerprint density at radius 2 is 1.72 bits per heavy atom. The van der Waals surface area contributed by atoms with Crippen molar-refractivity contribution in [1.29, 1.82) is 0 Å².